The fraction of sp³-hybridized carbons (Fsp3) is 1.00. The molecule has 1 atom stereocenters. The van der Waals surface area contributed by atoms with E-state index in [2.05, 4.69) is 5.32 Å². The number of nitrogens with one attached hydrogen (secondary N) is 1. The lowest BCUT2D eigenvalue weighted by Crippen LogP contribution is -2.46. The second kappa shape index (κ2) is 5.73. The minimum Gasteiger partial charge on any atom is -0.378 e. The zero-order chi connectivity index (χ0) is 9.68. The highest BCUT2D eigenvalue weighted by molar-refractivity contribution is 7.84. The molecule has 1 aliphatic rings. The first-order valence-corrected chi connectivity index (χ1v) is 6.60. The molecule has 1 fully saturated rings. The third-order valence-corrected chi connectivity index (χ3v) is 3.10. The van der Waals surface area contributed by atoms with Gasteiger partial charge in [-0.1, -0.05) is 0 Å². The van der Waals surface area contributed by atoms with Crippen LogP contribution < -0.4 is 5.32 Å². The van der Waals surface area contributed by atoms with E-state index in [1.807, 2.05) is 6.92 Å². The van der Waals surface area contributed by atoms with Gasteiger partial charge in [-0.15, -0.1) is 0 Å². The molecule has 4 heteroatoms. The molecular formula is C9H19NO2S. The summed E-state index contributed by atoms with van der Waals surface area (Å²) >= 11 is 0. The van der Waals surface area contributed by atoms with Crippen molar-refractivity contribution in [3.8, 4) is 0 Å². The molecule has 1 aliphatic carbocycles. The van der Waals surface area contributed by atoms with E-state index in [1.165, 1.54) is 0 Å². The van der Waals surface area contributed by atoms with Crippen LogP contribution in [-0.4, -0.2) is 41.5 Å². The molecule has 0 aromatic heterocycles. The van der Waals surface area contributed by atoms with Crippen molar-refractivity contribution in [1.29, 1.82) is 0 Å². The maximum Gasteiger partial charge on any atom is 0.0604 e. The highest BCUT2D eigenvalue weighted by atomic mass is 32.2. The van der Waals surface area contributed by atoms with Gasteiger partial charge in [-0.2, -0.15) is 0 Å². The van der Waals surface area contributed by atoms with Crippen molar-refractivity contribution < 1.29 is 8.95 Å². The smallest absolute Gasteiger partial charge is 0.0604 e. The lowest BCUT2D eigenvalue weighted by Gasteiger charge is -2.35. The van der Waals surface area contributed by atoms with Crippen molar-refractivity contribution in [2.45, 2.75) is 31.9 Å². The fourth-order valence-electron chi connectivity index (χ4n) is 1.51. The van der Waals surface area contributed by atoms with Crippen molar-refractivity contribution in [1.82, 2.24) is 5.32 Å². The molecule has 1 N–H and O–H groups in total. The largest absolute Gasteiger partial charge is 0.378 e. The molecule has 0 heterocycles. The Hall–Kier alpha value is 0.0700. The van der Waals surface area contributed by atoms with Crippen molar-refractivity contribution >= 4 is 10.8 Å². The molecule has 0 spiro atoms. The third kappa shape index (κ3) is 4.20. The molecule has 0 saturated heterocycles. The van der Waals surface area contributed by atoms with Crippen LogP contribution >= 0.6 is 0 Å². The van der Waals surface area contributed by atoms with Crippen molar-refractivity contribution in [3.63, 3.8) is 0 Å². The SMILES string of the molecule is CCOC1CC(NCCS(C)=O)C1. The van der Waals surface area contributed by atoms with Gasteiger partial charge in [0.2, 0.25) is 0 Å². The monoisotopic (exact) mass is 205 g/mol. The second-order valence-electron chi connectivity index (χ2n) is 3.48. The van der Waals surface area contributed by atoms with Crippen LogP contribution in [0.25, 0.3) is 0 Å². The molecule has 78 valence electrons. The maximum absolute atomic E-state index is 10.7. The summed E-state index contributed by atoms with van der Waals surface area (Å²) in [6.45, 7) is 3.71. The summed E-state index contributed by atoms with van der Waals surface area (Å²) in [7, 11) is -0.666. The highest BCUT2D eigenvalue weighted by Gasteiger charge is 2.28. The Kier molecular flexibility index (Phi) is 4.91. The normalized spacial score (nSPS) is 29.7. The first-order chi connectivity index (χ1) is 6.22. The van der Waals surface area contributed by atoms with Crippen molar-refractivity contribution in [2.75, 3.05) is 25.2 Å². The summed E-state index contributed by atoms with van der Waals surface area (Å²) in [4.78, 5) is 0. The van der Waals surface area contributed by atoms with Gasteiger partial charge in [0.1, 0.15) is 0 Å². The van der Waals surface area contributed by atoms with E-state index >= 15 is 0 Å². The van der Waals surface area contributed by atoms with Crippen LogP contribution in [0.2, 0.25) is 0 Å². The van der Waals surface area contributed by atoms with Gasteiger partial charge in [-0.25, -0.2) is 0 Å². The van der Waals surface area contributed by atoms with Crippen molar-refractivity contribution in [2.24, 2.45) is 0 Å². The first-order valence-electron chi connectivity index (χ1n) is 4.87. The highest BCUT2D eigenvalue weighted by Crippen LogP contribution is 2.22. The summed E-state index contributed by atoms with van der Waals surface area (Å²) in [5, 5.41) is 3.37. The van der Waals surface area contributed by atoms with Gasteiger partial charge in [0.25, 0.3) is 0 Å². The zero-order valence-corrected chi connectivity index (χ0v) is 9.23. The van der Waals surface area contributed by atoms with Gasteiger partial charge in [0.05, 0.1) is 6.10 Å². The summed E-state index contributed by atoms with van der Waals surface area (Å²) in [6, 6.07) is 0.597. The van der Waals surface area contributed by atoms with E-state index in [9.17, 15) is 4.21 Å². The van der Waals surface area contributed by atoms with E-state index in [0.717, 1.165) is 31.7 Å². The van der Waals surface area contributed by atoms with Crippen LogP contribution in [-0.2, 0) is 15.5 Å². The van der Waals surface area contributed by atoms with Gasteiger partial charge in [0.15, 0.2) is 0 Å². The molecule has 0 aromatic rings. The molecule has 1 saturated carbocycles. The molecule has 3 nitrogen and oxygen atoms in total. The molecule has 13 heavy (non-hydrogen) atoms. The summed E-state index contributed by atoms with van der Waals surface area (Å²) in [6.07, 6.45) is 4.44. The van der Waals surface area contributed by atoms with E-state index in [4.69, 9.17) is 4.74 Å². The van der Waals surface area contributed by atoms with Crippen LogP contribution in [0.4, 0.5) is 0 Å². The second-order valence-corrected chi connectivity index (χ2v) is 5.03. The Morgan fingerprint density at radius 2 is 2.23 bits per heavy atom. The van der Waals surface area contributed by atoms with Crippen LogP contribution in [0, 0.1) is 0 Å². The Labute approximate surface area is 82.7 Å². The molecule has 0 radical (unpaired) electrons. The van der Waals surface area contributed by atoms with Crippen LogP contribution in [0.1, 0.15) is 19.8 Å². The Morgan fingerprint density at radius 1 is 1.54 bits per heavy atom. The predicted octanol–water partition coefficient (Wildman–Crippen LogP) is 0.522. The minimum absolute atomic E-state index is 0.467. The van der Waals surface area contributed by atoms with Gasteiger partial charge >= 0.3 is 0 Å². The fourth-order valence-corrected chi connectivity index (χ4v) is 1.92. The number of hydrogen-bond acceptors (Lipinski definition) is 3. The molecule has 1 rings (SSSR count). The standard InChI is InChI=1S/C9H19NO2S/c1-3-12-9-6-8(7-9)10-4-5-13(2)11/h8-10H,3-7H2,1-2H3. The van der Waals surface area contributed by atoms with E-state index in [0.29, 0.717) is 12.1 Å². The number of hydrogen-bond donors (Lipinski definition) is 1. The van der Waals surface area contributed by atoms with Crippen molar-refractivity contribution in [3.05, 3.63) is 0 Å². The zero-order valence-electron chi connectivity index (χ0n) is 8.41. The number of ether oxygens (including phenoxy) is 1. The maximum atomic E-state index is 10.7. The summed E-state index contributed by atoms with van der Waals surface area (Å²) in [5.74, 6) is 0.760. The predicted molar refractivity (Wildman–Crippen MR) is 55.4 cm³/mol. The van der Waals surface area contributed by atoms with E-state index in [1.54, 1.807) is 6.26 Å². The molecule has 0 bridgehead atoms. The van der Waals surface area contributed by atoms with E-state index in [-0.39, 0.29) is 0 Å². The molecule has 1 unspecified atom stereocenters. The molecule has 0 aliphatic heterocycles. The van der Waals surface area contributed by atoms with Gasteiger partial charge in [-0.05, 0) is 19.8 Å². The Balaban J connectivity index is 1.93. The lowest BCUT2D eigenvalue weighted by molar-refractivity contribution is -0.00929. The minimum atomic E-state index is -0.666. The first kappa shape index (κ1) is 11.1. The third-order valence-electron chi connectivity index (χ3n) is 2.32. The average Bonchev–Trinajstić information content (AvgIpc) is 1.99. The summed E-state index contributed by atoms with van der Waals surface area (Å²) < 4.78 is 16.2. The Bertz CT molecular complexity index is 169. The topological polar surface area (TPSA) is 38.3 Å². The molecular weight excluding hydrogens is 186 g/mol. The van der Waals surface area contributed by atoms with Crippen LogP contribution in [0.3, 0.4) is 0 Å². The average molecular weight is 205 g/mol. The van der Waals surface area contributed by atoms with Gasteiger partial charge in [0, 0.05) is 42.0 Å². The number of rotatable bonds is 6. The lowest BCUT2D eigenvalue weighted by atomic mass is 9.89. The van der Waals surface area contributed by atoms with Gasteiger partial charge in [-0.3, -0.25) is 4.21 Å². The van der Waals surface area contributed by atoms with Gasteiger partial charge < -0.3 is 10.1 Å². The molecule has 0 aromatic carbocycles. The summed E-state index contributed by atoms with van der Waals surface area (Å²) in [5.41, 5.74) is 0. The molecule has 0 amide bonds. The van der Waals surface area contributed by atoms with Crippen LogP contribution in [0.15, 0.2) is 0 Å². The quantitative estimate of drug-likeness (QED) is 0.687. The Morgan fingerprint density at radius 3 is 2.77 bits per heavy atom. The van der Waals surface area contributed by atoms with Crippen LogP contribution in [0.5, 0.6) is 0 Å². The van der Waals surface area contributed by atoms with E-state index < -0.39 is 10.8 Å².